The van der Waals surface area contributed by atoms with Crippen molar-refractivity contribution in [3.05, 3.63) is 29.3 Å². The minimum absolute atomic E-state index is 0.318. The van der Waals surface area contributed by atoms with Crippen molar-refractivity contribution in [2.45, 2.75) is 19.9 Å². The second kappa shape index (κ2) is 6.72. The molecule has 5 heteroatoms. The monoisotopic (exact) mass is 292 g/mol. The first kappa shape index (κ1) is 14.8. The van der Waals surface area contributed by atoms with Crippen molar-refractivity contribution in [1.82, 2.24) is 10.3 Å². The Labute approximate surface area is 123 Å². The van der Waals surface area contributed by atoms with Crippen molar-refractivity contribution in [2.75, 3.05) is 20.8 Å². The normalized spacial score (nSPS) is 12.2. The van der Waals surface area contributed by atoms with Crippen molar-refractivity contribution in [3.63, 3.8) is 0 Å². The largest absolute Gasteiger partial charge is 0.497 e. The molecular formula is C15H20N2O2S. The lowest BCUT2D eigenvalue weighted by molar-refractivity contribution is 0.394. The highest BCUT2D eigenvalue weighted by atomic mass is 32.1. The van der Waals surface area contributed by atoms with E-state index in [1.54, 1.807) is 25.6 Å². The van der Waals surface area contributed by atoms with Crippen LogP contribution in [0.2, 0.25) is 0 Å². The van der Waals surface area contributed by atoms with Crippen LogP contribution in [0.5, 0.6) is 11.5 Å². The number of nitrogens with one attached hydrogen (secondary N) is 1. The summed E-state index contributed by atoms with van der Waals surface area (Å²) in [5.41, 5.74) is 1.01. The summed E-state index contributed by atoms with van der Waals surface area (Å²) in [6.07, 6.45) is 1.93. The fourth-order valence-corrected chi connectivity index (χ4v) is 2.89. The third-order valence-corrected chi connectivity index (χ3v) is 4.29. The second-order valence-electron chi connectivity index (χ2n) is 4.45. The molecule has 0 bridgehead atoms. The number of nitrogens with zero attached hydrogens (tertiary/aromatic N) is 1. The summed E-state index contributed by atoms with van der Waals surface area (Å²) in [5, 5.41) is 4.37. The van der Waals surface area contributed by atoms with E-state index in [1.807, 2.05) is 24.4 Å². The minimum atomic E-state index is 0.318. The van der Waals surface area contributed by atoms with Crippen molar-refractivity contribution < 1.29 is 9.47 Å². The van der Waals surface area contributed by atoms with Crippen LogP contribution in [0, 0.1) is 0 Å². The maximum absolute atomic E-state index is 5.30. The molecule has 1 aromatic heterocycles. The molecule has 0 aliphatic carbocycles. The topological polar surface area (TPSA) is 43.4 Å². The van der Waals surface area contributed by atoms with Gasteiger partial charge in [-0.2, -0.15) is 0 Å². The fourth-order valence-electron chi connectivity index (χ4n) is 1.96. The van der Waals surface area contributed by atoms with Gasteiger partial charge in [0.25, 0.3) is 0 Å². The molecule has 1 atom stereocenters. The number of methoxy groups -OCH3 is 2. The van der Waals surface area contributed by atoms with Crippen LogP contribution in [0.25, 0.3) is 10.6 Å². The van der Waals surface area contributed by atoms with Gasteiger partial charge in [-0.05, 0) is 25.6 Å². The Kier molecular flexibility index (Phi) is 4.98. The summed E-state index contributed by atoms with van der Waals surface area (Å²) in [6, 6.07) is 6.13. The van der Waals surface area contributed by atoms with Gasteiger partial charge in [-0.3, -0.25) is 0 Å². The van der Waals surface area contributed by atoms with Gasteiger partial charge in [0.05, 0.1) is 14.2 Å². The average molecular weight is 292 g/mol. The summed E-state index contributed by atoms with van der Waals surface area (Å²) in [7, 11) is 3.30. The van der Waals surface area contributed by atoms with E-state index in [-0.39, 0.29) is 0 Å². The Bertz CT molecular complexity index is 547. The molecule has 0 saturated carbocycles. The van der Waals surface area contributed by atoms with E-state index in [1.165, 1.54) is 4.88 Å². The molecule has 0 saturated heterocycles. The number of ether oxygens (including phenoxy) is 2. The lowest BCUT2D eigenvalue weighted by Crippen LogP contribution is -2.16. The summed E-state index contributed by atoms with van der Waals surface area (Å²) < 4.78 is 10.6. The van der Waals surface area contributed by atoms with E-state index >= 15 is 0 Å². The average Bonchev–Trinajstić information content (AvgIpc) is 2.97. The molecule has 20 heavy (non-hydrogen) atoms. The molecule has 0 fully saturated rings. The van der Waals surface area contributed by atoms with Crippen LogP contribution in [-0.4, -0.2) is 25.7 Å². The molecule has 0 aliphatic rings. The number of thiazole rings is 1. The predicted octanol–water partition coefficient (Wildman–Crippen LogP) is 3.50. The molecule has 1 heterocycles. The van der Waals surface area contributed by atoms with Crippen LogP contribution in [0.1, 0.15) is 24.8 Å². The van der Waals surface area contributed by atoms with Crippen LogP contribution in [0.15, 0.2) is 24.4 Å². The Balaban J connectivity index is 2.31. The smallest absolute Gasteiger partial charge is 0.123 e. The van der Waals surface area contributed by atoms with E-state index in [0.29, 0.717) is 6.04 Å². The maximum Gasteiger partial charge on any atom is 0.123 e. The molecule has 1 N–H and O–H groups in total. The Morgan fingerprint density at radius 2 is 1.85 bits per heavy atom. The zero-order valence-corrected chi connectivity index (χ0v) is 13.1. The standard InChI is InChI=1S/C15H20N2O2S/c1-5-16-10(2)14-9-17-15(20-14)11-6-12(18-3)8-13(7-11)19-4/h6-10,16H,5H2,1-4H3. The Morgan fingerprint density at radius 1 is 1.20 bits per heavy atom. The molecule has 2 aromatic rings. The number of benzene rings is 1. The Hall–Kier alpha value is -1.59. The zero-order chi connectivity index (χ0) is 14.5. The summed E-state index contributed by atoms with van der Waals surface area (Å²) in [4.78, 5) is 5.73. The van der Waals surface area contributed by atoms with E-state index in [0.717, 1.165) is 28.6 Å². The van der Waals surface area contributed by atoms with Crippen molar-refractivity contribution in [1.29, 1.82) is 0 Å². The molecule has 108 valence electrons. The van der Waals surface area contributed by atoms with Gasteiger partial charge in [0.2, 0.25) is 0 Å². The van der Waals surface area contributed by atoms with Crippen LogP contribution in [-0.2, 0) is 0 Å². The van der Waals surface area contributed by atoms with Crippen LogP contribution in [0.4, 0.5) is 0 Å². The molecule has 4 nitrogen and oxygen atoms in total. The highest BCUT2D eigenvalue weighted by Gasteiger charge is 2.12. The summed E-state index contributed by atoms with van der Waals surface area (Å²) in [6.45, 7) is 5.19. The lowest BCUT2D eigenvalue weighted by atomic mass is 10.2. The molecule has 0 spiro atoms. The molecule has 0 aliphatic heterocycles. The van der Waals surface area contributed by atoms with Gasteiger partial charge in [0, 0.05) is 28.7 Å². The number of hydrogen-bond acceptors (Lipinski definition) is 5. The Morgan fingerprint density at radius 3 is 2.40 bits per heavy atom. The molecular weight excluding hydrogens is 272 g/mol. The molecule has 0 radical (unpaired) electrons. The second-order valence-corrected chi connectivity index (χ2v) is 5.51. The fraction of sp³-hybridized carbons (Fsp3) is 0.400. The first-order valence-corrected chi connectivity index (χ1v) is 7.42. The first-order chi connectivity index (χ1) is 9.67. The first-order valence-electron chi connectivity index (χ1n) is 6.60. The molecule has 2 rings (SSSR count). The third-order valence-electron chi connectivity index (χ3n) is 3.06. The van der Waals surface area contributed by atoms with Crippen molar-refractivity contribution in [2.24, 2.45) is 0 Å². The van der Waals surface area contributed by atoms with Crippen molar-refractivity contribution in [3.8, 4) is 22.1 Å². The SMILES string of the molecule is CCNC(C)c1cnc(-c2cc(OC)cc(OC)c2)s1. The van der Waals surface area contributed by atoms with Gasteiger partial charge in [0.1, 0.15) is 16.5 Å². The minimum Gasteiger partial charge on any atom is -0.497 e. The van der Waals surface area contributed by atoms with Crippen LogP contribution in [0.3, 0.4) is 0 Å². The zero-order valence-electron chi connectivity index (χ0n) is 12.3. The summed E-state index contributed by atoms with van der Waals surface area (Å²) in [5.74, 6) is 1.55. The summed E-state index contributed by atoms with van der Waals surface area (Å²) >= 11 is 1.69. The molecule has 0 amide bonds. The van der Waals surface area contributed by atoms with Crippen LogP contribution < -0.4 is 14.8 Å². The van der Waals surface area contributed by atoms with E-state index in [4.69, 9.17) is 9.47 Å². The number of rotatable bonds is 6. The predicted molar refractivity (Wildman–Crippen MR) is 82.7 cm³/mol. The quantitative estimate of drug-likeness (QED) is 0.885. The van der Waals surface area contributed by atoms with Gasteiger partial charge >= 0.3 is 0 Å². The van der Waals surface area contributed by atoms with E-state index < -0.39 is 0 Å². The molecule has 1 unspecified atom stereocenters. The maximum atomic E-state index is 5.30. The highest BCUT2D eigenvalue weighted by Crippen LogP contribution is 2.33. The van der Waals surface area contributed by atoms with Crippen LogP contribution >= 0.6 is 11.3 Å². The highest BCUT2D eigenvalue weighted by molar-refractivity contribution is 7.15. The van der Waals surface area contributed by atoms with Gasteiger partial charge in [0.15, 0.2) is 0 Å². The molecule has 1 aromatic carbocycles. The van der Waals surface area contributed by atoms with Gasteiger partial charge in [-0.1, -0.05) is 6.92 Å². The third kappa shape index (κ3) is 3.29. The number of aromatic nitrogens is 1. The van der Waals surface area contributed by atoms with Gasteiger partial charge in [-0.15, -0.1) is 11.3 Å². The van der Waals surface area contributed by atoms with Gasteiger partial charge in [-0.25, -0.2) is 4.98 Å². The van der Waals surface area contributed by atoms with E-state index in [9.17, 15) is 0 Å². The van der Waals surface area contributed by atoms with Gasteiger partial charge < -0.3 is 14.8 Å². The van der Waals surface area contributed by atoms with Crippen molar-refractivity contribution >= 4 is 11.3 Å². The number of hydrogen-bond donors (Lipinski definition) is 1. The van der Waals surface area contributed by atoms with E-state index in [2.05, 4.69) is 24.1 Å². The lowest BCUT2D eigenvalue weighted by Gasteiger charge is -2.08.